The monoisotopic (exact) mass is 476 g/mol. The summed E-state index contributed by atoms with van der Waals surface area (Å²) in [5.74, 6) is -0.510. The molecule has 0 N–H and O–H groups in total. The van der Waals surface area contributed by atoms with Crippen molar-refractivity contribution in [2.75, 3.05) is 26.2 Å². The Bertz CT molecular complexity index is 1230. The van der Waals surface area contributed by atoms with Crippen LogP contribution in [0, 0.1) is 6.92 Å². The number of aryl methyl sites for hydroxylation is 2. The van der Waals surface area contributed by atoms with E-state index >= 15 is 0 Å². The van der Waals surface area contributed by atoms with Crippen molar-refractivity contribution in [3.8, 4) is 10.8 Å². The highest BCUT2D eigenvalue weighted by molar-refractivity contribution is 7.89. The molecule has 0 spiro atoms. The van der Waals surface area contributed by atoms with Crippen molar-refractivity contribution in [2.45, 2.75) is 31.2 Å². The number of aromatic nitrogens is 2. The van der Waals surface area contributed by atoms with Gasteiger partial charge in [-0.15, -0.1) is 16.4 Å². The zero-order chi connectivity index (χ0) is 22.7. The number of carbonyl (C=O) groups is 1. The highest BCUT2D eigenvalue weighted by atomic mass is 32.2. The summed E-state index contributed by atoms with van der Waals surface area (Å²) in [5.41, 5.74) is 0.991. The summed E-state index contributed by atoms with van der Waals surface area (Å²) in [7, 11) is -3.60. The van der Waals surface area contributed by atoms with E-state index in [9.17, 15) is 18.0 Å². The number of nitrogens with zero attached hydrogens (tertiary/aromatic N) is 4. The van der Waals surface area contributed by atoms with E-state index in [1.807, 2.05) is 18.4 Å². The number of thiophene rings is 1. The van der Waals surface area contributed by atoms with Crippen molar-refractivity contribution in [1.82, 2.24) is 19.0 Å². The Hall–Kier alpha value is -2.76. The Balaban J connectivity index is 1.36. The van der Waals surface area contributed by atoms with Gasteiger partial charge in [0.15, 0.2) is 0 Å². The van der Waals surface area contributed by atoms with Crippen molar-refractivity contribution in [2.24, 2.45) is 0 Å². The lowest BCUT2D eigenvalue weighted by Crippen LogP contribution is -2.37. The number of carbonyl (C=O) groups excluding carboxylic acids is 1. The van der Waals surface area contributed by atoms with Gasteiger partial charge in [-0.2, -0.15) is 8.99 Å². The molecule has 1 aliphatic heterocycles. The van der Waals surface area contributed by atoms with Gasteiger partial charge in [0.1, 0.15) is 0 Å². The number of rotatable bonds is 6. The highest BCUT2D eigenvalue weighted by Gasteiger charge is 2.28. The van der Waals surface area contributed by atoms with Crippen LogP contribution >= 0.6 is 11.3 Å². The van der Waals surface area contributed by atoms with Crippen molar-refractivity contribution >= 4 is 27.3 Å². The summed E-state index contributed by atoms with van der Waals surface area (Å²) in [6.45, 7) is 3.36. The van der Waals surface area contributed by atoms with Crippen LogP contribution in [0.2, 0.25) is 0 Å². The van der Waals surface area contributed by atoms with Crippen LogP contribution < -0.4 is 5.76 Å². The molecule has 0 saturated carbocycles. The summed E-state index contributed by atoms with van der Waals surface area (Å²) >= 11 is 1.41. The van der Waals surface area contributed by atoms with Crippen LogP contribution in [0.5, 0.6) is 0 Å². The van der Waals surface area contributed by atoms with Gasteiger partial charge in [0.2, 0.25) is 15.9 Å². The van der Waals surface area contributed by atoms with Crippen LogP contribution in [-0.2, 0) is 21.4 Å². The molecule has 0 unspecified atom stereocenters. The third kappa shape index (κ3) is 4.84. The lowest BCUT2D eigenvalue weighted by atomic mass is 10.2. The molecule has 170 valence electrons. The van der Waals surface area contributed by atoms with Crippen LogP contribution in [0.1, 0.15) is 18.4 Å². The fourth-order valence-electron chi connectivity index (χ4n) is 3.55. The molecule has 1 aliphatic rings. The zero-order valence-electron chi connectivity index (χ0n) is 17.6. The molecule has 1 aromatic carbocycles. The zero-order valence-corrected chi connectivity index (χ0v) is 19.3. The first-order valence-corrected chi connectivity index (χ1v) is 12.6. The molecule has 1 amide bonds. The molecule has 0 radical (unpaired) electrons. The molecule has 1 fully saturated rings. The van der Waals surface area contributed by atoms with E-state index in [-0.39, 0.29) is 36.2 Å². The van der Waals surface area contributed by atoms with E-state index in [2.05, 4.69) is 5.10 Å². The van der Waals surface area contributed by atoms with Crippen LogP contribution in [0.4, 0.5) is 0 Å². The predicted molar refractivity (Wildman–Crippen MR) is 120 cm³/mol. The van der Waals surface area contributed by atoms with Gasteiger partial charge < -0.3 is 9.32 Å². The van der Waals surface area contributed by atoms with Gasteiger partial charge in [-0.1, -0.05) is 23.8 Å². The third-order valence-corrected chi connectivity index (χ3v) is 8.11. The van der Waals surface area contributed by atoms with Gasteiger partial charge in [-0.3, -0.25) is 4.79 Å². The first-order valence-electron chi connectivity index (χ1n) is 10.3. The molecule has 0 aliphatic carbocycles. The van der Waals surface area contributed by atoms with Gasteiger partial charge in [-0.25, -0.2) is 13.2 Å². The van der Waals surface area contributed by atoms with Crippen LogP contribution in [0.15, 0.2) is 55.9 Å². The Morgan fingerprint density at radius 1 is 1.12 bits per heavy atom. The smallest absolute Gasteiger partial charge is 0.387 e. The Morgan fingerprint density at radius 2 is 1.91 bits per heavy atom. The average molecular weight is 477 g/mol. The van der Waals surface area contributed by atoms with Crippen molar-refractivity contribution in [1.29, 1.82) is 0 Å². The van der Waals surface area contributed by atoms with Crippen molar-refractivity contribution < 1.29 is 17.6 Å². The molecule has 0 atom stereocenters. The molecule has 2 aromatic heterocycles. The lowest BCUT2D eigenvalue weighted by Gasteiger charge is -2.22. The Labute approximate surface area is 189 Å². The average Bonchev–Trinajstić information content (AvgIpc) is 3.35. The Morgan fingerprint density at radius 3 is 2.62 bits per heavy atom. The molecule has 4 rings (SSSR count). The lowest BCUT2D eigenvalue weighted by molar-refractivity contribution is -0.131. The minimum atomic E-state index is -3.60. The van der Waals surface area contributed by atoms with E-state index in [0.29, 0.717) is 26.1 Å². The second kappa shape index (κ2) is 9.39. The van der Waals surface area contributed by atoms with E-state index in [0.717, 1.165) is 15.1 Å². The maximum atomic E-state index is 12.9. The molecular formula is C21H24N4O5S2. The number of sulfonamides is 1. The minimum absolute atomic E-state index is 0.0844. The van der Waals surface area contributed by atoms with Gasteiger partial charge in [0.25, 0.3) is 5.89 Å². The fourth-order valence-corrected chi connectivity index (χ4v) is 5.66. The van der Waals surface area contributed by atoms with Crippen LogP contribution in [-0.4, -0.2) is 59.5 Å². The first-order chi connectivity index (χ1) is 15.3. The maximum absolute atomic E-state index is 12.9. The molecule has 3 heterocycles. The quantitative estimate of drug-likeness (QED) is 0.540. The number of amides is 1. The summed E-state index contributed by atoms with van der Waals surface area (Å²) in [5, 5.41) is 6.02. The largest absolute Gasteiger partial charge is 0.437 e. The van der Waals surface area contributed by atoms with Crippen LogP contribution in [0.3, 0.4) is 0 Å². The van der Waals surface area contributed by atoms with Gasteiger partial charge in [0.05, 0.1) is 16.3 Å². The van der Waals surface area contributed by atoms with Gasteiger partial charge >= 0.3 is 5.76 Å². The molecule has 1 saturated heterocycles. The molecular weight excluding hydrogens is 452 g/mol. The summed E-state index contributed by atoms with van der Waals surface area (Å²) in [4.78, 5) is 27.4. The first kappa shape index (κ1) is 22.4. The number of hydrogen-bond donors (Lipinski definition) is 0. The number of hydrogen-bond acceptors (Lipinski definition) is 7. The minimum Gasteiger partial charge on any atom is -0.387 e. The topological polar surface area (TPSA) is 106 Å². The number of benzene rings is 1. The molecule has 9 nitrogen and oxygen atoms in total. The normalized spacial score (nSPS) is 15.6. The summed E-state index contributed by atoms with van der Waals surface area (Å²) in [6, 6.07) is 10.4. The summed E-state index contributed by atoms with van der Waals surface area (Å²) in [6.07, 6.45) is 0.629. The second-order valence-electron chi connectivity index (χ2n) is 7.58. The van der Waals surface area contributed by atoms with Crippen LogP contribution in [0.25, 0.3) is 10.8 Å². The van der Waals surface area contributed by atoms with E-state index in [1.54, 1.807) is 35.2 Å². The molecule has 32 heavy (non-hydrogen) atoms. The third-order valence-electron chi connectivity index (χ3n) is 5.34. The predicted octanol–water partition coefficient (Wildman–Crippen LogP) is 2.19. The van der Waals surface area contributed by atoms with E-state index in [4.69, 9.17) is 4.42 Å². The molecule has 11 heteroatoms. The van der Waals surface area contributed by atoms with Crippen molar-refractivity contribution in [3.05, 3.63) is 57.9 Å². The fraction of sp³-hybridized carbons (Fsp3) is 0.381. The molecule has 3 aromatic rings. The standard InChI is InChI=1S/C21H24N4O5S2/c1-16-5-7-17(8-6-16)32(28,29)24-11-3-10-23(13-14-24)19(26)9-12-25-21(27)30-20(22-25)18-4-2-15-31-18/h2,4-8,15H,3,9-14H2,1H3. The SMILES string of the molecule is Cc1ccc(S(=O)(=O)N2CCCN(C(=O)CCn3nc(-c4cccs4)oc3=O)CC2)cc1. The second-order valence-corrected chi connectivity index (χ2v) is 10.5. The summed E-state index contributed by atoms with van der Waals surface area (Å²) < 4.78 is 33.6. The van der Waals surface area contributed by atoms with Crippen molar-refractivity contribution in [3.63, 3.8) is 0 Å². The molecule has 0 bridgehead atoms. The Kier molecular flexibility index (Phi) is 6.58. The van der Waals surface area contributed by atoms with E-state index < -0.39 is 15.8 Å². The highest BCUT2D eigenvalue weighted by Crippen LogP contribution is 2.21. The van der Waals surface area contributed by atoms with Gasteiger partial charge in [-0.05, 0) is 36.9 Å². The maximum Gasteiger partial charge on any atom is 0.437 e. The van der Waals surface area contributed by atoms with Gasteiger partial charge in [0, 0.05) is 32.6 Å². The van der Waals surface area contributed by atoms with E-state index in [1.165, 1.54) is 15.6 Å².